The minimum Gasteiger partial charge on any atom is -0.497 e. The van der Waals surface area contributed by atoms with Crippen LogP contribution >= 0.6 is 11.6 Å². The second kappa shape index (κ2) is 6.45. The molecule has 0 fully saturated rings. The number of nitrogens with zero attached hydrogens (tertiary/aromatic N) is 2. The predicted octanol–water partition coefficient (Wildman–Crippen LogP) is 3.08. The zero-order valence-corrected chi connectivity index (χ0v) is 12.5. The number of hydrogen-bond donors (Lipinski definition) is 1. The summed E-state index contributed by atoms with van der Waals surface area (Å²) in [5, 5.41) is 9.17. The molecule has 0 saturated carbocycles. The van der Waals surface area contributed by atoms with Gasteiger partial charge in [-0.1, -0.05) is 23.7 Å². The van der Waals surface area contributed by atoms with E-state index in [1.165, 1.54) is 6.07 Å². The highest BCUT2D eigenvalue weighted by molar-refractivity contribution is 6.33. The van der Waals surface area contributed by atoms with E-state index in [2.05, 4.69) is 4.98 Å². The van der Waals surface area contributed by atoms with Crippen LogP contribution in [0.1, 0.15) is 16.1 Å². The number of benzene rings is 1. The maximum Gasteiger partial charge on any atom is 0.356 e. The number of aromatic nitrogens is 1. The average Bonchev–Trinajstić information content (AvgIpc) is 2.48. The number of methoxy groups -OCH3 is 1. The molecule has 0 bridgehead atoms. The lowest BCUT2D eigenvalue weighted by Crippen LogP contribution is -2.18. The summed E-state index contributed by atoms with van der Waals surface area (Å²) in [6, 6.07) is 10.9. The van der Waals surface area contributed by atoms with Gasteiger partial charge in [-0.3, -0.25) is 0 Å². The lowest BCUT2D eigenvalue weighted by molar-refractivity contribution is 0.0691. The quantitative estimate of drug-likeness (QED) is 0.919. The molecule has 1 aromatic carbocycles. The van der Waals surface area contributed by atoms with Crippen LogP contribution in [0.25, 0.3) is 0 Å². The van der Waals surface area contributed by atoms with Crippen LogP contribution in [0.3, 0.4) is 0 Å². The van der Waals surface area contributed by atoms with Crippen molar-refractivity contribution in [2.45, 2.75) is 6.54 Å². The Balaban J connectivity index is 2.17. The molecule has 21 heavy (non-hydrogen) atoms. The summed E-state index contributed by atoms with van der Waals surface area (Å²) in [7, 11) is 3.46. The zero-order valence-electron chi connectivity index (χ0n) is 11.7. The predicted molar refractivity (Wildman–Crippen MR) is 81.3 cm³/mol. The van der Waals surface area contributed by atoms with Crippen molar-refractivity contribution < 1.29 is 14.6 Å². The highest BCUT2D eigenvalue weighted by Gasteiger charge is 2.13. The monoisotopic (exact) mass is 306 g/mol. The van der Waals surface area contributed by atoms with Crippen LogP contribution < -0.4 is 9.64 Å². The number of hydrogen-bond acceptors (Lipinski definition) is 4. The molecule has 110 valence electrons. The van der Waals surface area contributed by atoms with Gasteiger partial charge in [0.05, 0.1) is 12.1 Å². The van der Waals surface area contributed by atoms with E-state index in [0.717, 1.165) is 11.3 Å². The summed E-state index contributed by atoms with van der Waals surface area (Å²) in [5.74, 6) is 0.200. The summed E-state index contributed by atoms with van der Waals surface area (Å²) < 4.78 is 5.11. The van der Waals surface area contributed by atoms with E-state index in [-0.39, 0.29) is 10.7 Å². The Morgan fingerprint density at radius 2 is 1.95 bits per heavy atom. The summed E-state index contributed by atoms with van der Waals surface area (Å²) in [5.41, 5.74) is 0.919. The molecule has 0 saturated heterocycles. The summed E-state index contributed by atoms with van der Waals surface area (Å²) in [6.07, 6.45) is 0. The molecule has 0 spiro atoms. The fourth-order valence-corrected chi connectivity index (χ4v) is 2.07. The molecule has 0 aliphatic heterocycles. The van der Waals surface area contributed by atoms with Gasteiger partial charge in [-0.25, -0.2) is 9.78 Å². The van der Waals surface area contributed by atoms with Crippen LogP contribution in [0.4, 0.5) is 5.82 Å². The second-order valence-electron chi connectivity index (χ2n) is 4.51. The van der Waals surface area contributed by atoms with Crippen LogP contribution in [-0.4, -0.2) is 30.2 Å². The number of anilines is 1. The summed E-state index contributed by atoms with van der Waals surface area (Å²) in [6.45, 7) is 0.595. The van der Waals surface area contributed by atoms with Gasteiger partial charge in [0.2, 0.25) is 0 Å². The molecule has 0 amide bonds. The molecular weight excluding hydrogens is 292 g/mol. The topological polar surface area (TPSA) is 62.7 Å². The Labute approximate surface area is 127 Å². The molecule has 0 radical (unpaired) electrons. The van der Waals surface area contributed by atoms with Crippen molar-refractivity contribution in [3.8, 4) is 5.75 Å². The normalized spacial score (nSPS) is 10.2. The van der Waals surface area contributed by atoms with Crippen molar-refractivity contribution in [1.29, 1.82) is 0 Å². The Hall–Kier alpha value is -2.27. The lowest BCUT2D eigenvalue weighted by Gasteiger charge is -2.19. The maximum atomic E-state index is 11.0. The number of carbonyl (C=O) groups is 1. The highest BCUT2D eigenvalue weighted by Crippen LogP contribution is 2.20. The Bertz CT molecular complexity index is 644. The van der Waals surface area contributed by atoms with Crippen molar-refractivity contribution in [3.63, 3.8) is 0 Å². The van der Waals surface area contributed by atoms with Crippen LogP contribution in [-0.2, 0) is 6.54 Å². The van der Waals surface area contributed by atoms with Crippen molar-refractivity contribution in [3.05, 3.63) is 52.7 Å². The van der Waals surface area contributed by atoms with Gasteiger partial charge < -0.3 is 14.7 Å². The average molecular weight is 307 g/mol. The maximum absolute atomic E-state index is 11.0. The molecule has 0 aliphatic carbocycles. The van der Waals surface area contributed by atoms with Crippen LogP contribution in [0.5, 0.6) is 5.75 Å². The molecule has 5 nitrogen and oxygen atoms in total. The molecule has 2 rings (SSSR count). The summed E-state index contributed by atoms with van der Waals surface area (Å²) in [4.78, 5) is 17.0. The van der Waals surface area contributed by atoms with Gasteiger partial charge in [-0.15, -0.1) is 0 Å². The van der Waals surface area contributed by atoms with E-state index in [4.69, 9.17) is 21.4 Å². The van der Waals surface area contributed by atoms with E-state index in [1.54, 1.807) is 13.2 Å². The second-order valence-corrected chi connectivity index (χ2v) is 4.92. The van der Waals surface area contributed by atoms with Crippen molar-refractivity contribution in [1.82, 2.24) is 4.98 Å². The minimum atomic E-state index is -1.14. The standard InChI is InChI=1S/C15H15ClN2O3/c1-18(9-10-3-5-11(21-2)6-4-10)13-8-7-12(16)14(17-13)15(19)20/h3-8H,9H2,1-2H3,(H,19,20). The number of carboxylic acids is 1. The third-order valence-electron chi connectivity index (χ3n) is 3.00. The van der Waals surface area contributed by atoms with Crippen molar-refractivity contribution in [2.75, 3.05) is 19.1 Å². The number of ether oxygens (including phenoxy) is 1. The van der Waals surface area contributed by atoms with Gasteiger partial charge in [-0.2, -0.15) is 0 Å². The third kappa shape index (κ3) is 3.64. The molecule has 1 aromatic heterocycles. The van der Waals surface area contributed by atoms with Gasteiger partial charge in [0, 0.05) is 13.6 Å². The Morgan fingerprint density at radius 1 is 1.29 bits per heavy atom. The number of pyridine rings is 1. The molecular formula is C15H15ClN2O3. The molecule has 0 unspecified atom stereocenters. The van der Waals surface area contributed by atoms with E-state index < -0.39 is 5.97 Å². The third-order valence-corrected chi connectivity index (χ3v) is 3.31. The van der Waals surface area contributed by atoms with Crippen LogP contribution in [0.2, 0.25) is 5.02 Å². The van der Waals surface area contributed by atoms with Gasteiger partial charge in [-0.05, 0) is 29.8 Å². The van der Waals surface area contributed by atoms with Gasteiger partial charge in [0.15, 0.2) is 5.69 Å². The van der Waals surface area contributed by atoms with Gasteiger partial charge >= 0.3 is 5.97 Å². The largest absolute Gasteiger partial charge is 0.497 e. The van der Waals surface area contributed by atoms with Gasteiger partial charge in [0.1, 0.15) is 11.6 Å². The smallest absolute Gasteiger partial charge is 0.356 e. The molecule has 1 heterocycles. The number of carboxylic acid groups (broad SMARTS) is 1. The van der Waals surface area contributed by atoms with E-state index in [9.17, 15) is 4.79 Å². The lowest BCUT2D eigenvalue weighted by atomic mass is 10.2. The van der Waals surface area contributed by atoms with Gasteiger partial charge in [0.25, 0.3) is 0 Å². The van der Waals surface area contributed by atoms with Crippen LogP contribution in [0, 0.1) is 0 Å². The molecule has 2 aromatic rings. The van der Waals surface area contributed by atoms with Crippen molar-refractivity contribution in [2.24, 2.45) is 0 Å². The Morgan fingerprint density at radius 3 is 2.52 bits per heavy atom. The number of halogens is 1. The summed E-state index contributed by atoms with van der Waals surface area (Å²) >= 11 is 5.81. The fraction of sp³-hybridized carbons (Fsp3) is 0.200. The molecule has 0 aliphatic rings. The minimum absolute atomic E-state index is 0.129. The first-order chi connectivity index (χ1) is 10.0. The molecule has 6 heteroatoms. The van der Waals surface area contributed by atoms with E-state index in [0.29, 0.717) is 12.4 Å². The SMILES string of the molecule is COc1ccc(CN(C)c2ccc(Cl)c(C(=O)O)n2)cc1. The first kappa shape index (κ1) is 15.1. The van der Waals surface area contributed by atoms with Crippen molar-refractivity contribution >= 4 is 23.4 Å². The highest BCUT2D eigenvalue weighted by atomic mass is 35.5. The number of rotatable bonds is 5. The zero-order chi connectivity index (χ0) is 15.4. The fourth-order valence-electron chi connectivity index (χ4n) is 1.88. The first-order valence-corrected chi connectivity index (χ1v) is 6.63. The van der Waals surface area contributed by atoms with E-state index >= 15 is 0 Å². The van der Waals surface area contributed by atoms with Crippen LogP contribution in [0.15, 0.2) is 36.4 Å². The molecule has 1 N–H and O–H groups in total. The Kier molecular flexibility index (Phi) is 4.65. The number of aromatic carboxylic acids is 1. The van der Waals surface area contributed by atoms with E-state index in [1.807, 2.05) is 36.2 Å². The first-order valence-electron chi connectivity index (χ1n) is 6.25. The molecule has 0 atom stereocenters.